The molecule has 0 aromatic heterocycles. The molecule has 1 unspecified atom stereocenters. The Balaban J connectivity index is 2.12. The average Bonchev–Trinajstić information content (AvgIpc) is 2.28. The summed E-state index contributed by atoms with van der Waals surface area (Å²) in [5.74, 6) is 0.847. The highest BCUT2D eigenvalue weighted by atomic mass is 16.3. The van der Waals surface area contributed by atoms with Crippen LogP contribution in [0, 0.1) is 5.92 Å². The SMILES string of the molecule is CCNCC1CCN(CC(O)CC)CC1. The van der Waals surface area contributed by atoms with E-state index in [0.29, 0.717) is 0 Å². The molecule has 3 nitrogen and oxygen atoms in total. The molecule has 0 saturated carbocycles. The molecule has 0 bridgehead atoms. The minimum Gasteiger partial charge on any atom is -0.392 e. The van der Waals surface area contributed by atoms with Crippen molar-refractivity contribution in [1.82, 2.24) is 10.2 Å². The van der Waals surface area contributed by atoms with Crippen molar-refractivity contribution < 1.29 is 5.11 Å². The molecule has 3 heteroatoms. The summed E-state index contributed by atoms with van der Waals surface area (Å²) in [7, 11) is 0. The van der Waals surface area contributed by atoms with Crippen molar-refractivity contribution in [2.75, 3.05) is 32.7 Å². The van der Waals surface area contributed by atoms with E-state index in [9.17, 15) is 5.11 Å². The van der Waals surface area contributed by atoms with Crippen LogP contribution in [0.2, 0.25) is 0 Å². The molecule has 0 aromatic carbocycles. The Bertz CT molecular complexity index is 156. The van der Waals surface area contributed by atoms with E-state index < -0.39 is 0 Å². The normalized spacial score (nSPS) is 21.8. The molecule has 1 aliphatic heterocycles. The quantitative estimate of drug-likeness (QED) is 0.694. The Morgan fingerprint density at radius 3 is 2.53 bits per heavy atom. The monoisotopic (exact) mass is 214 g/mol. The molecule has 1 heterocycles. The fraction of sp³-hybridized carbons (Fsp3) is 1.00. The van der Waals surface area contributed by atoms with Gasteiger partial charge in [0.05, 0.1) is 6.10 Å². The lowest BCUT2D eigenvalue weighted by Gasteiger charge is -2.33. The topological polar surface area (TPSA) is 35.5 Å². The Kier molecular flexibility index (Phi) is 6.22. The van der Waals surface area contributed by atoms with Gasteiger partial charge in [-0.3, -0.25) is 0 Å². The van der Waals surface area contributed by atoms with Crippen LogP contribution >= 0.6 is 0 Å². The first-order chi connectivity index (χ1) is 7.26. The van der Waals surface area contributed by atoms with Gasteiger partial charge in [0.1, 0.15) is 0 Å². The zero-order chi connectivity index (χ0) is 11.1. The second kappa shape index (κ2) is 7.20. The van der Waals surface area contributed by atoms with Gasteiger partial charge in [0.25, 0.3) is 0 Å². The molecule has 1 aliphatic rings. The summed E-state index contributed by atoms with van der Waals surface area (Å²) in [5, 5.41) is 13.0. The lowest BCUT2D eigenvalue weighted by molar-refractivity contribution is 0.0869. The van der Waals surface area contributed by atoms with Gasteiger partial charge in [-0.25, -0.2) is 0 Å². The van der Waals surface area contributed by atoms with Gasteiger partial charge in [0, 0.05) is 6.54 Å². The third-order valence-electron chi connectivity index (χ3n) is 3.33. The van der Waals surface area contributed by atoms with E-state index in [-0.39, 0.29) is 6.10 Å². The zero-order valence-corrected chi connectivity index (χ0v) is 10.2. The zero-order valence-electron chi connectivity index (χ0n) is 10.2. The number of aliphatic hydroxyl groups excluding tert-OH is 1. The van der Waals surface area contributed by atoms with Crippen LogP contribution in [0.25, 0.3) is 0 Å². The number of hydrogen-bond acceptors (Lipinski definition) is 3. The lowest BCUT2D eigenvalue weighted by Crippen LogP contribution is -2.40. The first-order valence-electron chi connectivity index (χ1n) is 6.37. The van der Waals surface area contributed by atoms with Gasteiger partial charge >= 0.3 is 0 Å². The van der Waals surface area contributed by atoms with Gasteiger partial charge < -0.3 is 15.3 Å². The van der Waals surface area contributed by atoms with Crippen molar-refractivity contribution in [2.45, 2.75) is 39.2 Å². The van der Waals surface area contributed by atoms with Crippen LogP contribution in [0.15, 0.2) is 0 Å². The van der Waals surface area contributed by atoms with Crippen molar-refractivity contribution >= 4 is 0 Å². The summed E-state index contributed by atoms with van der Waals surface area (Å²) in [6.45, 7) is 9.63. The summed E-state index contributed by atoms with van der Waals surface area (Å²) in [6.07, 6.45) is 3.31. The average molecular weight is 214 g/mol. The molecule has 1 rings (SSSR count). The van der Waals surface area contributed by atoms with E-state index in [1.54, 1.807) is 0 Å². The van der Waals surface area contributed by atoms with Gasteiger partial charge in [-0.15, -0.1) is 0 Å². The summed E-state index contributed by atoms with van der Waals surface area (Å²) < 4.78 is 0. The molecule has 0 aliphatic carbocycles. The summed E-state index contributed by atoms with van der Waals surface area (Å²) in [5.41, 5.74) is 0. The maximum Gasteiger partial charge on any atom is 0.0664 e. The molecule has 0 amide bonds. The van der Waals surface area contributed by atoms with Crippen LogP contribution in [0.3, 0.4) is 0 Å². The smallest absolute Gasteiger partial charge is 0.0664 e. The maximum atomic E-state index is 9.56. The molecule has 15 heavy (non-hydrogen) atoms. The Hall–Kier alpha value is -0.120. The van der Waals surface area contributed by atoms with E-state index in [1.165, 1.54) is 19.4 Å². The molecule has 0 spiro atoms. The van der Waals surface area contributed by atoms with Gasteiger partial charge in [-0.05, 0) is 51.4 Å². The number of nitrogens with zero attached hydrogens (tertiary/aromatic N) is 1. The van der Waals surface area contributed by atoms with Crippen molar-refractivity contribution in [3.05, 3.63) is 0 Å². The second-order valence-corrected chi connectivity index (χ2v) is 4.61. The van der Waals surface area contributed by atoms with Gasteiger partial charge in [-0.1, -0.05) is 13.8 Å². The largest absolute Gasteiger partial charge is 0.392 e. The van der Waals surface area contributed by atoms with Gasteiger partial charge in [-0.2, -0.15) is 0 Å². The second-order valence-electron chi connectivity index (χ2n) is 4.61. The minimum atomic E-state index is -0.129. The van der Waals surface area contributed by atoms with Crippen LogP contribution in [-0.4, -0.2) is 48.8 Å². The number of β-amino-alcohol motifs (C(OH)–C–C–N with tert-alkyl or cyclic N) is 1. The van der Waals surface area contributed by atoms with Crippen LogP contribution in [-0.2, 0) is 0 Å². The lowest BCUT2D eigenvalue weighted by atomic mass is 9.96. The molecule has 1 fully saturated rings. The number of hydrogen-bond donors (Lipinski definition) is 2. The maximum absolute atomic E-state index is 9.56. The molecule has 90 valence electrons. The van der Waals surface area contributed by atoms with Crippen LogP contribution in [0.5, 0.6) is 0 Å². The molecule has 1 atom stereocenters. The predicted octanol–water partition coefficient (Wildman–Crippen LogP) is 1.08. The fourth-order valence-corrected chi connectivity index (χ4v) is 2.15. The Morgan fingerprint density at radius 1 is 1.33 bits per heavy atom. The highest BCUT2D eigenvalue weighted by Gasteiger charge is 2.19. The third-order valence-corrected chi connectivity index (χ3v) is 3.33. The Labute approximate surface area is 93.9 Å². The van der Waals surface area contributed by atoms with Crippen molar-refractivity contribution in [2.24, 2.45) is 5.92 Å². The molecular weight excluding hydrogens is 188 g/mol. The van der Waals surface area contributed by atoms with Crippen molar-refractivity contribution in [3.8, 4) is 0 Å². The van der Waals surface area contributed by atoms with Crippen LogP contribution < -0.4 is 5.32 Å². The highest BCUT2D eigenvalue weighted by Crippen LogP contribution is 2.16. The summed E-state index contributed by atoms with van der Waals surface area (Å²) in [6, 6.07) is 0. The number of nitrogens with one attached hydrogen (secondary N) is 1. The third kappa shape index (κ3) is 4.96. The fourth-order valence-electron chi connectivity index (χ4n) is 2.15. The van der Waals surface area contributed by atoms with Crippen LogP contribution in [0.1, 0.15) is 33.1 Å². The molecule has 0 aromatic rings. The van der Waals surface area contributed by atoms with E-state index in [1.807, 2.05) is 6.92 Å². The standard InChI is InChI=1S/C12H26N2O/c1-3-12(15)10-14-7-5-11(6-8-14)9-13-4-2/h11-13,15H,3-10H2,1-2H3. The van der Waals surface area contributed by atoms with E-state index in [0.717, 1.165) is 38.5 Å². The molecule has 1 saturated heterocycles. The highest BCUT2D eigenvalue weighted by molar-refractivity contribution is 4.75. The number of piperidine rings is 1. The molecule has 2 N–H and O–H groups in total. The Morgan fingerprint density at radius 2 is 2.00 bits per heavy atom. The summed E-state index contributed by atoms with van der Waals surface area (Å²) >= 11 is 0. The van der Waals surface area contributed by atoms with Crippen molar-refractivity contribution in [3.63, 3.8) is 0 Å². The van der Waals surface area contributed by atoms with E-state index >= 15 is 0 Å². The number of likely N-dealkylation sites (tertiary alicyclic amines) is 1. The number of rotatable bonds is 6. The summed E-state index contributed by atoms with van der Waals surface area (Å²) in [4.78, 5) is 2.40. The van der Waals surface area contributed by atoms with E-state index in [2.05, 4.69) is 17.1 Å². The number of aliphatic hydroxyl groups is 1. The minimum absolute atomic E-state index is 0.129. The first kappa shape index (κ1) is 12.9. The predicted molar refractivity (Wildman–Crippen MR) is 64.0 cm³/mol. The molecule has 0 radical (unpaired) electrons. The first-order valence-corrected chi connectivity index (χ1v) is 6.37. The molecular formula is C12H26N2O. The van der Waals surface area contributed by atoms with Crippen molar-refractivity contribution in [1.29, 1.82) is 0 Å². The van der Waals surface area contributed by atoms with Gasteiger partial charge in [0.15, 0.2) is 0 Å². The van der Waals surface area contributed by atoms with Crippen LogP contribution in [0.4, 0.5) is 0 Å². The van der Waals surface area contributed by atoms with E-state index in [4.69, 9.17) is 0 Å². The van der Waals surface area contributed by atoms with Gasteiger partial charge in [0.2, 0.25) is 0 Å².